The summed E-state index contributed by atoms with van der Waals surface area (Å²) in [5, 5.41) is 0. The third-order valence-electron chi connectivity index (χ3n) is 3.01. The summed E-state index contributed by atoms with van der Waals surface area (Å²) in [6.07, 6.45) is 0. The first-order valence-electron chi connectivity index (χ1n) is 7.30. The zero-order valence-electron chi connectivity index (χ0n) is 13.4. The minimum atomic E-state index is -0.109. The number of carbonyl (C=O) groups is 1. The fourth-order valence-corrected chi connectivity index (χ4v) is 2.13. The number of benzene rings is 1. The Morgan fingerprint density at radius 3 is 2.67 bits per heavy atom. The Morgan fingerprint density at radius 2 is 2.10 bits per heavy atom. The predicted octanol–water partition coefficient (Wildman–Crippen LogP) is 2.41. The van der Waals surface area contributed by atoms with E-state index in [1.54, 1.807) is 30.2 Å². The third kappa shape index (κ3) is 4.93. The minimum absolute atomic E-state index is 0.109. The van der Waals surface area contributed by atoms with E-state index in [-0.39, 0.29) is 5.91 Å². The van der Waals surface area contributed by atoms with Gasteiger partial charge in [0.25, 0.3) is 5.91 Å². The van der Waals surface area contributed by atoms with Gasteiger partial charge >= 0.3 is 0 Å². The molecule has 0 aromatic heterocycles. The molecule has 0 saturated carbocycles. The number of hydrogen-bond acceptors (Lipinski definition) is 4. The smallest absolute Gasteiger partial charge is 0.259 e. The Labute approximate surface area is 127 Å². The molecule has 5 nitrogen and oxygen atoms in total. The number of ether oxygens (including phenoxy) is 2. The molecule has 0 heterocycles. The monoisotopic (exact) mass is 294 g/mol. The number of hydrogen-bond donors (Lipinski definition) is 1. The summed E-state index contributed by atoms with van der Waals surface area (Å²) < 4.78 is 10.6. The van der Waals surface area contributed by atoms with Crippen molar-refractivity contribution in [3.63, 3.8) is 0 Å². The van der Waals surface area contributed by atoms with Crippen LogP contribution in [0.15, 0.2) is 18.2 Å². The number of rotatable bonds is 8. The van der Waals surface area contributed by atoms with Gasteiger partial charge in [0.15, 0.2) is 0 Å². The van der Waals surface area contributed by atoms with Gasteiger partial charge in [-0.2, -0.15) is 0 Å². The first kappa shape index (κ1) is 17.3. The molecule has 0 spiro atoms. The highest BCUT2D eigenvalue weighted by atomic mass is 16.5. The second kappa shape index (κ2) is 8.52. The highest BCUT2D eigenvalue weighted by Crippen LogP contribution is 2.26. The van der Waals surface area contributed by atoms with E-state index in [1.165, 1.54) is 0 Å². The summed E-state index contributed by atoms with van der Waals surface area (Å²) in [5.41, 5.74) is 6.87. The Morgan fingerprint density at radius 1 is 1.38 bits per heavy atom. The SMILES string of the molecule is CCOc1cccc(N)c1C(=O)N(CCOC)CC(C)C. The van der Waals surface area contributed by atoms with Crippen molar-refractivity contribution in [2.24, 2.45) is 5.92 Å². The maximum atomic E-state index is 12.8. The highest BCUT2D eigenvalue weighted by molar-refractivity contribution is 6.01. The average Bonchev–Trinajstić information content (AvgIpc) is 2.43. The van der Waals surface area contributed by atoms with Gasteiger partial charge in [0.1, 0.15) is 11.3 Å². The molecule has 0 aliphatic heterocycles. The number of nitrogens with zero attached hydrogens (tertiary/aromatic N) is 1. The van der Waals surface area contributed by atoms with E-state index in [4.69, 9.17) is 15.2 Å². The van der Waals surface area contributed by atoms with Crippen LogP contribution in [0.5, 0.6) is 5.75 Å². The third-order valence-corrected chi connectivity index (χ3v) is 3.01. The van der Waals surface area contributed by atoms with E-state index in [1.807, 2.05) is 6.92 Å². The number of carbonyl (C=O) groups excluding carboxylic acids is 1. The van der Waals surface area contributed by atoms with Crippen LogP contribution in [0, 0.1) is 5.92 Å². The second-order valence-corrected chi connectivity index (χ2v) is 5.29. The van der Waals surface area contributed by atoms with Crippen molar-refractivity contribution < 1.29 is 14.3 Å². The Kier molecular flexibility index (Phi) is 7.02. The van der Waals surface area contributed by atoms with Crippen molar-refractivity contribution in [3.8, 4) is 5.75 Å². The molecule has 1 aromatic carbocycles. The Balaban J connectivity index is 3.06. The Hall–Kier alpha value is -1.75. The van der Waals surface area contributed by atoms with Crippen LogP contribution in [0.4, 0.5) is 5.69 Å². The lowest BCUT2D eigenvalue weighted by Crippen LogP contribution is -2.37. The van der Waals surface area contributed by atoms with Crippen molar-refractivity contribution in [2.75, 3.05) is 39.1 Å². The van der Waals surface area contributed by atoms with Crippen LogP contribution in [0.2, 0.25) is 0 Å². The van der Waals surface area contributed by atoms with E-state index >= 15 is 0 Å². The highest BCUT2D eigenvalue weighted by Gasteiger charge is 2.22. The van der Waals surface area contributed by atoms with Gasteiger partial charge in [0, 0.05) is 25.9 Å². The molecule has 0 aliphatic rings. The van der Waals surface area contributed by atoms with Crippen LogP contribution >= 0.6 is 0 Å². The maximum Gasteiger partial charge on any atom is 0.259 e. The van der Waals surface area contributed by atoms with Gasteiger partial charge in [0.2, 0.25) is 0 Å². The molecule has 1 aromatic rings. The first-order chi connectivity index (χ1) is 10.0. The molecule has 0 bridgehead atoms. The van der Waals surface area contributed by atoms with Gasteiger partial charge in [-0.3, -0.25) is 4.79 Å². The maximum absolute atomic E-state index is 12.8. The molecule has 2 N–H and O–H groups in total. The molecule has 118 valence electrons. The van der Waals surface area contributed by atoms with Gasteiger partial charge in [0.05, 0.1) is 13.2 Å². The topological polar surface area (TPSA) is 64.8 Å². The number of methoxy groups -OCH3 is 1. The standard InChI is InChI=1S/C16H26N2O3/c1-5-21-14-8-6-7-13(17)15(14)16(19)18(9-10-20-4)11-12(2)3/h6-8,12H,5,9-11,17H2,1-4H3. The van der Waals surface area contributed by atoms with Crippen molar-refractivity contribution in [3.05, 3.63) is 23.8 Å². The minimum Gasteiger partial charge on any atom is -0.493 e. The summed E-state index contributed by atoms with van der Waals surface area (Å²) in [6.45, 7) is 8.21. The second-order valence-electron chi connectivity index (χ2n) is 5.29. The summed E-state index contributed by atoms with van der Waals surface area (Å²) in [7, 11) is 1.63. The van der Waals surface area contributed by atoms with Gasteiger partial charge < -0.3 is 20.1 Å². The average molecular weight is 294 g/mol. The Bertz CT molecular complexity index is 461. The lowest BCUT2D eigenvalue weighted by atomic mass is 10.1. The quantitative estimate of drug-likeness (QED) is 0.748. The van der Waals surface area contributed by atoms with Crippen LogP contribution in [0.1, 0.15) is 31.1 Å². The largest absolute Gasteiger partial charge is 0.493 e. The number of nitrogens with two attached hydrogens (primary N) is 1. The zero-order chi connectivity index (χ0) is 15.8. The van der Waals surface area contributed by atoms with E-state index in [0.717, 1.165) is 0 Å². The lowest BCUT2D eigenvalue weighted by molar-refractivity contribution is 0.0669. The lowest BCUT2D eigenvalue weighted by Gasteiger charge is -2.26. The summed E-state index contributed by atoms with van der Waals surface area (Å²) in [5.74, 6) is 0.794. The number of anilines is 1. The molecule has 21 heavy (non-hydrogen) atoms. The van der Waals surface area contributed by atoms with E-state index in [0.29, 0.717) is 49.2 Å². The van der Waals surface area contributed by atoms with E-state index in [9.17, 15) is 4.79 Å². The summed E-state index contributed by atoms with van der Waals surface area (Å²) in [6, 6.07) is 5.29. The number of amides is 1. The molecule has 0 saturated heterocycles. The van der Waals surface area contributed by atoms with Crippen LogP contribution in [-0.4, -0.2) is 44.2 Å². The fraction of sp³-hybridized carbons (Fsp3) is 0.562. The summed E-state index contributed by atoms with van der Waals surface area (Å²) in [4.78, 5) is 14.6. The van der Waals surface area contributed by atoms with Crippen molar-refractivity contribution in [1.82, 2.24) is 4.90 Å². The van der Waals surface area contributed by atoms with Crippen LogP contribution in [0.25, 0.3) is 0 Å². The number of nitrogen functional groups attached to an aromatic ring is 1. The van der Waals surface area contributed by atoms with Gasteiger partial charge in [-0.05, 0) is 25.0 Å². The molecular formula is C16H26N2O3. The van der Waals surface area contributed by atoms with Gasteiger partial charge in [-0.1, -0.05) is 19.9 Å². The molecule has 1 amide bonds. The molecule has 0 atom stereocenters. The normalized spacial score (nSPS) is 10.7. The molecule has 5 heteroatoms. The molecule has 0 fully saturated rings. The van der Waals surface area contributed by atoms with Gasteiger partial charge in [-0.15, -0.1) is 0 Å². The van der Waals surface area contributed by atoms with Crippen molar-refractivity contribution in [2.45, 2.75) is 20.8 Å². The van der Waals surface area contributed by atoms with Crippen LogP contribution in [-0.2, 0) is 4.74 Å². The molecule has 0 radical (unpaired) electrons. The van der Waals surface area contributed by atoms with Crippen LogP contribution < -0.4 is 10.5 Å². The first-order valence-corrected chi connectivity index (χ1v) is 7.30. The van der Waals surface area contributed by atoms with Crippen molar-refractivity contribution in [1.29, 1.82) is 0 Å². The van der Waals surface area contributed by atoms with E-state index in [2.05, 4.69) is 13.8 Å². The predicted molar refractivity (Wildman–Crippen MR) is 84.6 cm³/mol. The van der Waals surface area contributed by atoms with Gasteiger partial charge in [-0.25, -0.2) is 0 Å². The molecular weight excluding hydrogens is 268 g/mol. The zero-order valence-corrected chi connectivity index (χ0v) is 13.4. The van der Waals surface area contributed by atoms with Crippen LogP contribution in [0.3, 0.4) is 0 Å². The van der Waals surface area contributed by atoms with E-state index < -0.39 is 0 Å². The molecule has 1 rings (SSSR count). The molecule has 0 unspecified atom stereocenters. The molecule has 0 aliphatic carbocycles. The van der Waals surface area contributed by atoms with Crippen molar-refractivity contribution >= 4 is 11.6 Å². The summed E-state index contributed by atoms with van der Waals surface area (Å²) >= 11 is 0. The fourth-order valence-electron chi connectivity index (χ4n) is 2.13.